The first-order chi connectivity index (χ1) is 8.87. The third-order valence-corrected chi connectivity index (χ3v) is 4.12. The molecule has 2 rings (SSSR count). The second-order valence-corrected chi connectivity index (χ2v) is 5.84. The molecular weight excluding hydrogens is 282 g/mol. The lowest BCUT2D eigenvalue weighted by molar-refractivity contribution is -0.163. The lowest BCUT2D eigenvalue weighted by atomic mass is 9.96. The average Bonchev–Trinajstić information content (AvgIpc) is 2.84. The van der Waals surface area contributed by atoms with Gasteiger partial charge in [0, 0.05) is 26.7 Å². The van der Waals surface area contributed by atoms with Gasteiger partial charge in [-0.15, -0.1) is 12.4 Å². The second-order valence-electron chi connectivity index (χ2n) is 5.84. The van der Waals surface area contributed by atoms with E-state index < -0.39 is 11.6 Å². The lowest BCUT2D eigenvalue weighted by Crippen LogP contribution is -2.65. The Hall–Kier alpha value is -0.850. The maximum absolute atomic E-state index is 12.5. The maximum atomic E-state index is 12.5. The fraction of sp³-hybridized carbons (Fsp3) is 0.846. The Morgan fingerprint density at radius 1 is 1.40 bits per heavy atom. The highest BCUT2D eigenvalue weighted by Gasteiger charge is 2.46. The Morgan fingerprint density at radius 2 is 2.05 bits per heavy atom. The normalized spacial score (nSPS) is 29.3. The molecule has 7 heteroatoms. The number of nitrogens with zero attached hydrogens (tertiary/aromatic N) is 2. The van der Waals surface area contributed by atoms with E-state index in [0.717, 1.165) is 6.42 Å². The van der Waals surface area contributed by atoms with E-state index in [-0.39, 0.29) is 30.3 Å². The third kappa shape index (κ3) is 2.92. The third-order valence-electron chi connectivity index (χ3n) is 4.12. The van der Waals surface area contributed by atoms with Crippen LogP contribution in [0, 0.1) is 0 Å². The van der Waals surface area contributed by atoms with Crippen LogP contribution in [0.15, 0.2) is 0 Å². The predicted octanol–water partition coefficient (Wildman–Crippen LogP) is -0.00630. The SMILES string of the molecule is CN1CCN(C(=O)[C@@H]2CC[C@H](CN)O2)C(C)(C)C1=O.Cl. The molecule has 0 unspecified atom stereocenters. The number of amides is 2. The molecule has 0 aliphatic carbocycles. The first-order valence-electron chi connectivity index (χ1n) is 6.80. The summed E-state index contributed by atoms with van der Waals surface area (Å²) in [4.78, 5) is 28.0. The first-order valence-corrected chi connectivity index (χ1v) is 6.80. The van der Waals surface area contributed by atoms with E-state index in [0.29, 0.717) is 26.1 Å². The number of hydrogen-bond acceptors (Lipinski definition) is 4. The van der Waals surface area contributed by atoms with Gasteiger partial charge in [0.25, 0.3) is 5.91 Å². The highest BCUT2D eigenvalue weighted by molar-refractivity contribution is 5.93. The number of piperazine rings is 1. The first kappa shape index (κ1) is 17.2. The van der Waals surface area contributed by atoms with Crippen molar-refractivity contribution in [3.8, 4) is 0 Å². The minimum Gasteiger partial charge on any atom is -0.364 e. The summed E-state index contributed by atoms with van der Waals surface area (Å²) in [6.07, 6.45) is 1.04. The summed E-state index contributed by atoms with van der Waals surface area (Å²) in [6, 6.07) is 0. The van der Waals surface area contributed by atoms with Crippen LogP contribution in [0.2, 0.25) is 0 Å². The number of nitrogens with two attached hydrogens (primary N) is 1. The zero-order chi connectivity index (χ0) is 14.2. The standard InChI is InChI=1S/C13H23N3O3.ClH/c1-13(2)12(18)15(3)6-7-16(13)11(17)10-5-4-9(8-14)19-10;/h9-10H,4-8,14H2,1-3H3;1H/t9-,10+;/m1./s1. The summed E-state index contributed by atoms with van der Waals surface area (Å²) in [7, 11) is 1.77. The summed E-state index contributed by atoms with van der Waals surface area (Å²) in [5.74, 6) is -0.108. The Morgan fingerprint density at radius 3 is 2.60 bits per heavy atom. The van der Waals surface area contributed by atoms with Crippen molar-refractivity contribution in [3.63, 3.8) is 0 Å². The second kappa shape index (κ2) is 6.28. The van der Waals surface area contributed by atoms with Gasteiger partial charge in [-0.2, -0.15) is 0 Å². The minimum atomic E-state index is -0.797. The molecule has 20 heavy (non-hydrogen) atoms. The van der Waals surface area contributed by atoms with Gasteiger partial charge in [0.05, 0.1) is 6.10 Å². The molecule has 2 fully saturated rings. The lowest BCUT2D eigenvalue weighted by Gasteiger charge is -2.45. The van der Waals surface area contributed by atoms with Crippen LogP contribution >= 0.6 is 12.4 Å². The number of carbonyl (C=O) groups is 2. The molecule has 116 valence electrons. The molecular formula is C13H24ClN3O3. The zero-order valence-electron chi connectivity index (χ0n) is 12.3. The molecule has 2 aliphatic heterocycles. The van der Waals surface area contributed by atoms with Crippen LogP contribution in [-0.4, -0.2) is 66.0 Å². The van der Waals surface area contributed by atoms with Gasteiger partial charge in [-0.1, -0.05) is 0 Å². The van der Waals surface area contributed by atoms with Crippen molar-refractivity contribution in [3.05, 3.63) is 0 Å². The van der Waals surface area contributed by atoms with Gasteiger partial charge in [-0.05, 0) is 26.7 Å². The quantitative estimate of drug-likeness (QED) is 0.779. The summed E-state index contributed by atoms with van der Waals surface area (Å²) >= 11 is 0. The van der Waals surface area contributed by atoms with Crippen molar-refractivity contribution >= 4 is 24.2 Å². The van der Waals surface area contributed by atoms with E-state index in [1.165, 1.54) is 0 Å². The number of ether oxygens (including phenoxy) is 1. The topological polar surface area (TPSA) is 75.9 Å². The molecule has 2 aliphatic rings. The molecule has 0 spiro atoms. The smallest absolute Gasteiger partial charge is 0.252 e. The molecule has 0 aromatic heterocycles. The van der Waals surface area contributed by atoms with Crippen LogP contribution in [0.25, 0.3) is 0 Å². The Balaban J connectivity index is 0.00000200. The molecule has 2 saturated heterocycles. The van der Waals surface area contributed by atoms with E-state index >= 15 is 0 Å². The van der Waals surface area contributed by atoms with Gasteiger partial charge >= 0.3 is 0 Å². The van der Waals surface area contributed by atoms with Crippen molar-refractivity contribution < 1.29 is 14.3 Å². The molecule has 0 aromatic rings. The molecule has 2 heterocycles. The predicted molar refractivity (Wildman–Crippen MR) is 77.6 cm³/mol. The fourth-order valence-electron chi connectivity index (χ4n) is 2.83. The summed E-state index contributed by atoms with van der Waals surface area (Å²) in [6.45, 7) is 5.15. The van der Waals surface area contributed by atoms with E-state index in [4.69, 9.17) is 10.5 Å². The highest BCUT2D eigenvalue weighted by atomic mass is 35.5. The molecule has 0 radical (unpaired) electrons. The number of rotatable bonds is 2. The van der Waals surface area contributed by atoms with Gasteiger partial charge in [-0.3, -0.25) is 9.59 Å². The van der Waals surface area contributed by atoms with Crippen molar-refractivity contribution in [2.24, 2.45) is 5.73 Å². The molecule has 2 N–H and O–H groups in total. The van der Waals surface area contributed by atoms with Gasteiger partial charge in [-0.25, -0.2) is 0 Å². The highest BCUT2D eigenvalue weighted by Crippen LogP contribution is 2.27. The number of halogens is 1. The van der Waals surface area contributed by atoms with Gasteiger partial charge < -0.3 is 20.3 Å². The van der Waals surface area contributed by atoms with Crippen molar-refractivity contribution in [2.45, 2.75) is 44.4 Å². The number of likely N-dealkylation sites (N-methyl/N-ethyl adjacent to an activating group) is 1. The summed E-state index contributed by atoms with van der Waals surface area (Å²) in [5, 5.41) is 0. The minimum absolute atomic E-state index is 0. The molecule has 2 atom stereocenters. The van der Waals surface area contributed by atoms with Crippen LogP contribution < -0.4 is 5.73 Å². The van der Waals surface area contributed by atoms with Crippen LogP contribution in [0.1, 0.15) is 26.7 Å². The van der Waals surface area contributed by atoms with Crippen LogP contribution in [0.3, 0.4) is 0 Å². The van der Waals surface area contributed by atoms with Crippen LogP contribution in [0.5, 0.6) is 0 Å². The molecule has 0 aromatic carbocycles. The van der Waals surface area contributed by atoms with E-state index in [9.17, 15) is 9.59 Å². The Labute approximate surface area is 126 Å². The van der Waals surface area contributed by atoms with E-state index in [1.807, 2.05) is 0 Å². The van der Waals surface area contributed by atoms with Crippen LogP contribution in [0.4, 0.5) is 0 Å². The Kier molecular flexibility index (Phi) is 5.40. The van der Waals surface area contributed by atoms with Crippen molar-refractivity contribution in [2.75, 3.05) is 26.7 Å². The number of hydrogen-bond donors (Lipinski definition) is 1. The average molecular weight is 306 g/mol. The molecule has 0 saturated carbocycles. The molecule has 6 nitrogen and oxygen atoms in total. The van der Waals surface area contributed by atoms with Crippen LogP contribution in [-0.2, 0) is 14.3 Å². The van der Waals surface area contributed by atoms with Crippen molar-refractivity contribution in [1.29, 1.82) is 0 Å². The van der Waals surface area contributed by atoms with Gasteiger partial charge in [0.2, 0.25) is 5.91 Å². The Bertz CT molecular complexity index is 389. The monoisotopic (exact) mass is 305 g/mol. The molecule has 2 amide bonds. The van der Waals surface area contributed by atoms with Gasteiger partial charge in [0.1, 0.15) is 11.6 Å². The largest absolute Gasteiger partial charge is 0.364 e. The maximum Gasteiger partial charge on any atom is 0.252 e. The number of carbonyl (C=O) groups excluding carboxylic acids is 2. The summed E-state index contributed by atoms with van der Waals surface area (Å²) in [5.41, 5.74) is 4.76. The van der Waals surface area contributed by atoms with E-state index in [1.54, 1.807) is 30.7 Å². The zero-order valence-corrected chi connectivity index (χ0v) is 13.1. The fourth-order valence-corrected chi connectivity index (χ4v) is 2.83. The molecule has 0 bridgehead atoms. The van der Waals surface area contributed by atoms with E-state index in [2.05, 4.69) is 0 Å². The van der Waals surface area contributed by atoms with Gasteiger partial charge in [0.15, 0.2) is 0 Å². The van der Waals surface area contributed by atoms with Crippen molar-refractivity contribution in [1.82, 2.24) is 9.80 Å². The summed E-state index contributed by atoms with van der Waals surface area (Å²) < 4.78 is 5.64.